The topological polar surface area (TPSA) is 55.4 Å². The summed E-state index contributed by atoms with van der Waals surface area (Å²) in [6.45, 7) is 0. The van der Waals surface area contributed by atoms with Crippen LogP contribution in [0.25, 0.3) is 10.1 Å². The smallest absolute Gasteiger partial charge is 0.337 e. The van der Waals surface area contributed by atoms with Crippen molar-refractivity contribution in [1.29, 1.82) is 0 Å². The van der Waals surface area contributed by atoms with Gasteiger partial charge in [-0.15, -0.1) is 11.3 Å². The highest BCUT2D eigenvalue weighted by Crippen LogP contribution is 2.26. The van der Waals surface area contributed by atoms with Crippen LogP contribution in [0.5, 0.6) is 0 Å². The number of carbonyl (C=O) groups is 2. The van der Waals surface area contributed by atoms with Gasteiger partial charge in [0.25, 0.3) is 5.91 Å². The molecule has 2 aromatic carbocycles. The van der Waals surface area contributed by atoms with Gasteiger partial charge in [0.15, 0.2) is 0 Å². The van der Waals surface area contributed by atoms with Crippen molar-refractivity contribution in [3.8, 4) is 0 Å². The third-order valence-corrected chi connectivity index (χ3v) is 4.33. The third-order valence-electron chi connectivity index (χ3n) is 3.21. The predicted octanol–water partition coefficient (Wildman–Crippen LogP) is 3.94. The van der Waals surface area contributed by atoms with Crippen molar-refractivity contribution in [2.24, 2.45) is 0 Å². The van der Waals surface area contributed by atoms with Crippen LogP contribution in [0.4, 0.5) is 5.69 Å². The molecule has 0 atom stereocenters. The fourth-order valence-corrected chi connectivity index (χ4v) is 3.05. The molecule has 0 fully saturated rings. The maximum Gasteiger partial charge on any atom is 0.337 e. The molecule has 1 heterocycles. The first-order valence-corrected chi connectivity index (χ1v) is 7.47. The molecule has 4 nitrogen and oxygen atoms in total. The van der Waals surface area contributed by atoms with Crippen molar-refractivity contribution in [1.82, 2.24) is 0 Å². The number of ether oxygens (including phenoxy) is 1. The summed E-state index contributed by atoms with van der Waals surface area (Å²) in [5.74, 6) is -0.561. The number of thiophene rings is 1. The number of rotatable bonds is 3. The number of amides is 1. The van der Waals surface area contributed by atoms with E-state index < -0.39 is 5.97 Å². The number of fused-ring (bicyclic) bond motifs is 1. The number of nitrogens with one attached hydrogen (secondary N) is 1. The first-order chi connectivity index (χ1) is 10.7. The molecule has 0 saturated heterocycles. The highest BCUT2D eigenvalue weighted by Gasteiger charge is 2.11. The zero-order valence-corrected chi connectivity index (χ0v) is 12.6. The molecule has 1 N–H and O–H groups in total. The molecule has 0 spiro atoms. The van der Waals surface area contributed by atoms with E-state index in [0.29, 0.717) is 16.1 Å². The van der Waals surface area contributed by atoms with Gasteiger partial charge in [-0.1, -0.05) is 18.2 Å². The molecule has 3 aromatic rings. The average molecular weight is 311 g/mol. The van der Waals surface area contributed by atoms with Crippen LogP contribution < -0.4 is 5.32 Å². The van der Waals surface area contributed by atoms with Crippen molar-refractivity contribution in [2.75, 3.05) is 12.4 Å². The minimum Gasteiger partial charge on any atom is -0.465 e. The number of carbonyl (C=O) groups excluding carboxylic acids is 2. The van der Waals surface area contributed by atoms with Crippen LogP contribution in [0.1, 0.15) is 20.0 Å². The van der Waals surface area contributed by atoms with E-state index >= 15 is 0 Å². The second kappa shape index (κ2) is 5.99. The second-order valence-electron chi connectivity index (χ2n) is 4.67. The predicted molar refractivity (Wildman–Crippen MR) is 87.6 cm³/mol. The third kappa shape index (κ3) is 2.84. The number of esters is 1. The maximum absolute atomic E-state index is 12.3. The molecule has 0 aliphatic carbocycles. The first kappa shape index (κ1) is 14.3. The Hall–Kier alpha value is -2.66. The summed E-state index contributed by atoms with van der Waals surface area (Å²) < 4.78 is 5.71. The lowest BCUT2D eigenvalue weighted by molar-refractivity contribution is 0.0600. The lowest BCUT2D eigenvalue weighted by Gasteiger charge is -2.04. The van der Waals surface area contributed by atoms with E-state index in [2.05, 4.69) is 10.1 Å². The molecule has 22 heavy (non-hydrogen) atoms. The van der Waals surface area contributed by atoms with Crippen LogP contribution in [0.3, 0.4) is 0 Å². The van der Waals surface area contributed by atoms with E-state index in [4.69, 9.17) is 0 Å². The van der Waals surface area contributed by atoms with Crippen LogP contribution in [-0.4, -0.2) is 19.0 Å². The zero-order chi connectivity index (χ0) is 15.5. The van der Waals surface area contributed by atoms with Crippen molar-refractivity contribution < 1.29 is 14.3 Å². The Bertz CT molecular complexity index is 803. The Labute approximate surface area is 131 Å². The Morgan fingerprint density at radius 1 is 1.05 bits per heavy atom. The molecule has 0 radical (unpaired) electrons. The van der Waals surface area contributed by atoms with Gasteiger partial charge in [-0.2, -0.15) is 0 Å². The van der Waals surface area contributed by atoms with Crippen LogP contribution >= 0.6 is 11.3 Å². The molecule has 1 aromatic heterocycles. The SMILES string of the molecule is COC(=O)c1ccc(NC(=O)c2cc3ccccc3s2)cc1. The van der Waals surface area contributed by atoms with Gasteiger partial charge in [-0.3, -0.25) is 4.79 Å². The molecule has 0 aliphatic rings. The van der Waals surface area contributed by atoms with Crippen LogP contribution in [-0.2, 0) is 4.74 Å². The molecule has 3 rings (SSSR count). The first-order valence-electron chi connectivity index (χ1n) is 6.65. The second-order valence-corrected chi connectivity index (χ2v) is 5.76. The normalized spacial score (nSPS) is 10.4. The molecular formula is C17H13NO3S. The fourth-order valence-electron chi connectivity index (χ4n) is 2.09. The number of hydrogen-bond donors (Lipinski definition) is 1. The summed E-state index contributed by atoms with van der Waals surface area (Å²) in [5.41, 5.74) is 1.08. The van der Waals surface area contributed by atoms with E-state index in [-0.39, 0.29) is 5.91 Å². The van der Waals surface area contributed by atoms with E-state index in [1.54, 1.807) is 24.3 Å². The maximum atomic E-state index is 12.3. The zero-order valence-electron chi connectivity index (χ0n) is 11.8. The summed E-state index contributed by atoms with van der Waals surface area (Å²) in [6.07, 6.45) is 0. The summed E-state index contributed by atoms with van der Waals surface area (Å²) >= 11 is 1.45. The van der Waals surface area contributed by atoms with Gasteiger partial charge >= 0.3 is 5.97 Å². The van der Waals surface area contributed by atoms with E-state index in [1.165, 1.54) is 18.4 Å². The molecule has 0 unspecified atom stereocenters. The van der Waals surface area contributed by atoms with Crippen LogP contribution in [0, 0.1) is 0 Å². The van der Waals surface area contributed by atoms with Crippen molar-refractivity contribution in [3.63, 3.8) is 0 Å². The summed E-state index contributed by atoms with van der Waals surface area (Å²) in [4.78, 5) is 24.3. The average Bonchev–Trinajstić information content (AvgIpc) is 2.99. The fraction of sp³-hybridized carbons (Fsp3) is 0.0588. The summed E-state index contributed by atoms with van der Waals surface area (Å²) in [7, 11) is 1.33. The molecular weight excluding hydrogens is 298 g/mol. The van der Waals surface area contributed by atoms with Crippen LogP contribution in [0.15, 0.2) is 54.6 Å². The number of anilines is 1. The monoisotopic (exact) mass is 311 g/mol. The van der Waals surface area contributed by atoms with Gasteiger partial charge in [-0.05, 0) is 41.8 Å². The highest BCUT2D eigenvalue weighted by atomic mass is 32.1. The van der Waals surface area contributed by atoms with Crippen molar-refractivity contribution in [2.45, 2.75) is 0 Å². The van der Waals surface area contributed by atoms with Gasteiger partial charge in [-0.25, -0.2) is 4.79 Å². The van der Waals surface area contributed by atoms with E-state index in [9.17, 15) is 9.59 Å². The van der Waals surface area contributed by atoms with Gasteiger partial charge in [0, 0.05) is 10.4 Å². The number of methoxy groups -OCH3 is 1. The van der Waals surface area contributed by atoms with Gasteiger partial charge in [0.2, 0.25) is 0 Å². The number of benzene rings is 2. The minimum absolute atomic E-state index is 0.160. The Morgan fingerprint density at radius 2 is 1.77 bits per heavy atom. The molecule has 0 aliphatic heterocycles. The van der Waals surface area contributed by atoms with E-state index in [0.717, 1.165) is 10.1 Å². The Morgan fingerprint density at radius 3 is 2.45 bits per heavy atom. The number of hydrogen-bond acceptors (Lipinski definition) is 4. The van der Waals surface area contributed by atoms with Gasteiger partial charge in [0.1, 0.15) is 0 Å². The van der Waals surface area contributed by atoms with E-state index in [1.807, 2.05) is 30.3 Å². The molecule has 0 bridgehead atoms. The quantitative estimate of drug-likeness (QED) is 0.745. The largest absolute Gasteiger partial charge is 0.465 e. The summed E-state index contributed by atoms with van der Waals surface area (Å²) in [6, 6.07) is 16.3. The Balaban J connectivity index is 1.77. The van der Waals surface area contributed by atoms with Gasteiger partial charge < -0.3 is 10.1 Å². The Kier molecular flexibility index (Phi) is 3.89. The lowest BCUT2D eigenvalue weighted by atomic mass is 10.2. The lowest BCUT2D eigenvalue weighted by Crippen LogP contribution is -2.10. The standard InChI is InChI=1S/C17H13NO3S/c1-21-17(20)11-6-8-13(9-7-11)18-16(19)15-10-12-4-2-3-5-14(12)22-15/h2-10H,1H3,(H,18,19). The van der Waals surface area contributed by atoms with Gasteiger partial charge in [0.05, 0.1) is 17.6 Å². The molecule has 110 valence electrons. The highest BCUT2D eigenvalue weighted by molar-refractivity contribution is 7.20. The van der Waals surface area contributed by atoms with Crippen LogP contribution in [0.2, 0.25) is 0 Å². The minimum atomic E-state index is -0.401. The molecule has 0 saturated carbocycles. The van der Waals surface area contributed by atoms with Crippen molar-refractivity contribution in [3.05, 3.63) is 65.0 Å². The summed E-state index contributed by atoms with van der Waals surface area (Å²) in [5, 5.41) is 3.88. The molecule has 1 amide bonds. The molecule has 5 heteroatoms. The van der Waals surface area contributed by atoms with Crippen molar-refractivity contribution >= 4 is 39.0 Å².